The minimum atomic E-state index is -0.175. The zero-order chi connectivity index (χ0) is 15.5. The van der Waals surface area contributed by atoms with Crippen LogP contribution >= 0.6 is 0 Å². The fraction of sp³-hybridized carbons (Fsp3) is 0.947. The summed E-state index contributed by atoms with van der Waals surface area (Å²) in [5.41, 5.74) is 0.694. The largest absolute Gasteiger partial charge is 0.379 e. The molecule has 2 unspecified atom stereocenters. The van der Waals surface area contributed by atoms with E-state index < -0.39 is 0 Å². The third-order valence-electron chi connectivity index (χ3n) is 6.72. The molecule has 2 atom stereocenters. The van der Waals surface area contributed by atoms with E-state index in [9.17, 15) is 4.79 Å². The quantitative estimate of drug-likeness (QED) is 0.730. The molecule has 4 aliphatic carbocycles. The molecular weight excluding hydrogens is 260 g/mol. The van der Waals surface area contributed by atoms with E-state index in [-0.39, 0.29) is 11.0 Å². The Hall–Kier alpha value is -0.370. The maximum atomic E-state index is 13.1. The van der Waals surface area contributed by atoms with Gasteiger partial charge < -0.3 is 4.74 Å². The highest BCUT2D eigenvalue weighted by Gasteiger charge is 2.62. The van der Waals surface area contributed by atoms with Crippen molar-refractivity contribution < 1.29 is 9.53 Å². The molecule has 0 radical (unpaired) electrons. The summed E-state index contributed by atoms with van der Waals surface area (Å²) in [5, 5.41) is 0. The molecular formula is C19H32O2. The minimum absolute atomic E-state index is 0.00668. The molecule has 2 nitrogen and oxygen atoms in total. The highest BCUT2D eigenvalue weighted by Crippen LogP contribution is 2.69. The van der Waals surface area contributed by atoms with E-state index in [1.54, 1.807) is 7.11 Å². The average molecular weight is 292 g/mol. The summed E-state index contributed by atoms with van der Waals surface area (Å²) < 4.78 is 5.49. The molecule has 4 saturated carbocycles. The van der Waals surface area contributed by atoms with E-state index in [1.165, 1.54) is 25.7 Å². The Kier molecular flexibility index (Phi) is 3.37. The van der Waals surface area contributed by atoms with Crippen molar-refractivity contribution in [1.82, 2.24) is 0 Å². The van der Waals surface area contributed by atoms with E-state index in [2.05, 4.69) is 27.7 Å². The van der Waals surface area contributed by atoms with Gasteiger partial charge in [0.15, 0.2) is 0 Å². The monoisotopic (exact) mass is 292 g/mol. The Bertz CT molecular complexity index is 432. The average Bonchev–Trinajstić information content (AvgIpc) is 2.31. The summed E-state index contributed by atoms with van der Waals surface area (Å²) in [6, 6.07) is 0. The molecule has 0 aliphatic heterocycles. The molecule has 0 amide bonds. The molecule has 21 heavy (non-hydrogen) atoms. The van der Waals surface area contributed by atoms with Crippen molar-refractivity contribution in [2.45, 2.75) is 84.7 Å². The maximum Gasteiger partial charge on any atom is 0.139 e. The second-order valence-electron chi connectivity index (χ2n) is 9.80. The minimum Gasteiger partial charge on any atom is -0.379 e. The standard InChI is InChI=1S/C19H32O2/c1-16(2,21-5)7-6-15(20)19-10-14-8-17(3,12-19)11-18(4,9-14)13-19/h14H,6-13H2,1-5H3. The van der Waals surface area contributed by atoms with Crippen LogP contribution in [0.3, 0.4) is 0 Å². The number of ether oxygens (including phenoxy) is 1. The highest BCUT2D eigenvalue weighted by molar-refractivity contribution is 5.85. The molecule has 0 aromatic heterocycles. The highest BCUT2D eigenvalue weighted by atomic mass is 16.5. The molecule has 0 aromatic carbocycles. The summed E-state index contributed by atoms with van der Waals surface area (Å²) in [7, 11) is 1.75. The second-order valence-corrected chi connectivity index (χ2v) is 9.80. The summed E-state index contributed by atoms with van der Waals surface area (Å²) in [6.07, 6.45) is 9.08. The van der Waals surface area contributed by atoms with Crippen LogP contribution in [0.15, 0.2) is 0 Å². The van der Waals surface area contributed by atoms with Crippen molar-refractivity contribution in [3.63, 3.8) is 0 Å². The van der Waals surface area contributed by atoms with Gasteiger partial charge in [0.05, 0.1) is 5.60 Å². The van der Waals surface area contributed by atoms with Crippen LogP contribution in [0.4, 0.5) is 0 Å². The topological polar surface area (TPSA) is 26.3 Å². The maximum absolute atomic E-state index is 13.1. The van der Waals surface area contributed by atoms with Gasteiger partial charge in [-0.3, -0.25) is 4.79 Å². The Labute approximate surface area is 130 Å². The lowest BCUT2D eigenvalue weighted by molar-refractivity contribution is -0.169. The number of hydrogen-bond acceptors (Lipinski definition) is 2. The van der Waals surface area contributed by atoms with Gasteiger partial charge in [0.1, 0.15) is 5.78 Å². The molecule has 0 N–H and O–H groups in total. The fourth-order valence-corrected chi connectivity index (χ4v) is 6.54. The predicted octanol–water partition coefficient (Wildman–Crippen LogP) is 4.76. The summed E-state index contributed by atoms with van der Waals surface area (Å²) in [5.74, 6) is 1.34. The van der Waals surface area contributed by atoms with E-state index in [0.29, 0.717) is 23.0 Å². The normalized spacial score (nSPS) is 45.1. The Morgan fingerprint density at radius 3 is 2.14 bits per heavy atom. The molecule has 0 spiro atoms. The van der Waals surface area contributed by atoms with Gasteiger partial charge in [0.2, 0.25) is 0 Å². The molecule has 4 rings (SSSR count). The number of Topliss-reactive ketones (excluding diaryl/α,β-unsaturated/α-hetero) is 1. The Morgan fingerprint density at radius 2 is 1.67 bits per heavy atom. The third kappa shape index (κ3) is 2.69. The van der Waals surface area contributed by atoms with Crippen LogP contribution in [0.5, 0.6) is 0 Å². The molecule has 0 aromatic rings. The summed E-state index contributed by atoms with van der Waals surface area (Å²) in [6.45, 7) is 9.05. The summed E-state index contributed by atoms with van der Waals surface area (Å²) in [4.78, 5) is 13.1. The van der Waals surface area contributed by atoms with Gasteiger partial charge in [-0.15, -0.1) is 0 Å². The molecule has 0 heterocycles. The fourth-order valence-electron chi connectivity index (χ4n) is 6.54. The van der Waals surface area contributed by atoms with Crippen LogP contribution in [-0.2, 0) is 9.53 Å². The number of carbonyl (C=O) groups is 1. The first-order valence-corrected chi connectivity index (χ1v) is 8.68. The molecule has 4 fully saturated rings. The number of carbonyl (C=O) groups excluding carboxylic acids is 1. The zero-order valence-electron chi connectivity index (χ0n) is 14.6. The molecule has 2 heteroatoms. The van der Waals surface area contributed by atoms with E-state index in [0.717, 1.165) is 25.2 Å². The lowest BCUT2D eigenvalue weighted by atomic mass is 9.39. The molecule has 120 valence electrons. The number of ketones is 1. The van der Waals surface area contributed by atoms with E-state index in [1.807, 2.05) is 0 Å². The van der Waals surface area contributed by atoms with Crippen molar-refractivity contribution in [3.05, 3.63) is 0 Å². The van der Waals surface area contributed by atoms with Crippen molar-refractivity contribution in [2.24, 2.45) is 22.2 Å². The van der Waals surface area contributed by atoms with Gasteiger partial charge in [-0.05, 0) is 75.5 Å². The van der Waals surface area contributed by atoms with Gasteiger partial charge in [0, 0.05) is 18.9 Å². The smallest absolute Gasteiger partial charge is 0.139 e. The SMILES string of the molecule is COC(C)(C)CCC(=O)C12CC3CC(C)(CC(C)(C3)C1)C2. The first-order chi connectivity index (χ1) is 9.60. The van der Waals surface area contributed by atoms with E-state index in [4.69, 9.17) is 4.74 Å². The number of methoxy groups -OCH3 is 1. The van der Waals surface area contributed by atoms with Crippen molar-refractivity contribution in [3.8, 4) is 0 Å². The Morgan fingerprint density at radius 1 is 1.10 bits per heavy atom. The van der Waals surface area contributed by atoms with Gasteiger partial charge >= 0.3 is 0 Å². The number of rotatable bonds is 5. The summed E-state index contributed by atoms with van der Waals surface area (Å²) >= 11 is 0. The third-order valence-corrected chi connectivity index (χ3v) is 6.72. The van der Waals surface area contributed by atoms with Crippen LogP contribution in [0.1, 0.15) is 79.1 Å². The predicted molar refractivity (Wildman–Crippen MR) is 85.2 cm³/mol. The second kappa shape index (κ2) is 4.57. The van der Waals surface area contributed by atoms with E-state index >= 15 is 0 Å². The zero-order valence-corrected chi connectivity index (χ0v) is 14.6. The van der Waals surface area contributed by atoms with Crippen LogP contribution in [0.25, 0.3) is 0 Å². The molecule has 4 bridgehead atoms. The van der Waals surface area contributed by atoms with Gasteiger partial charge in [0.25, 0.3) is 0 Å². The first kappa shape index (κ1) is 15.5. The van der Waals surface area contributed by atoms with Gasteiger partial charge in [-0.2, -0.15) is 0 Å². The van der Waals surface area contributed by atoms with Crippen LogP contribution in [0.2, 0.25) is 0 Å². The van der Waals surface area contributed by atoms with Crippen LogP contribution < -0.4 is 0 Å². The van der Waals surface area contributed by atoms with Crippen molar-refractivity contribution in [1.29, 1.82) is 0 Å². The first-order valence-electron chi connectivity index (χ1n) is 8.68. The molecule has 0 saturated heterocycles. The van der Waals surface area contributed by atoms with Gasteiger partial charge in [-0.25, -0.2) is 0 Å². The Balaban J connectivity index is 1.77. The number of hydrogen-bond donors (Lipinski definition) is 0. The van der Waals surface area contributed by atoms with Gasteiger partial charge in [-0.1, -0.05) is 13.8 Å². The van der Waals surface area contributed by atoms with Crippen molar-refractivity contribution >= 4 is 5.78 Å². The lowest BCUT2D eigenvalue weighted by Crippen LogP contribution is -2.57. The molecule has 4 aliphatic rings. The van der Waals surface area contributed by atoms with Crippen LogP contribution in [0, 0.1) is 22.2 Å². The van der Waals surface area contributed by atoms with Crippen LogP contribution in [-0.4, -0.2) is 18.5 Å². The van der Waals surface area contributed by atoms with Crippen molar-refractivity contribution in [2.75, 3.05) is 7.11 Å². The lowest BCUT2D eigenvalue weighted by Gasteiger charge is -2.65.